The lowest BCUT2D eigenvalue weighted by atomic mass is 10.1. The molecule has 3 aromatic rings. The van der Waals surface area contributed by atoms with Gasteiger partial charge in [0.15, 0.2) is 0 Å². The van der Waals surface area contributed by atoms with E-state index in [1.165, 1.54) is 18.4 Å². The van der Waals surface area contributed by atoms with Crippen LogP contribution >= 0.6 is 0 Å². The molecular weight excluding hydrogens is 490 g/mol. The summed E-state index contributed by atoms with van der Waals surface area (Å²) in [5, 5.41) is 2.14. The van der Waals surface area contributed by atoms with Gasteiger partial charge in [0.05, 0.1) is 23.3 Å². The van der Waals surface area contributed by atoms with Gasteiger partial charge in [-0.05, 0) is 50.1 Å². The summed E-state index contributed by atoms with van der Waals surface area (Å²) in [7, 11) is 0. The summed E-state index contributed by atoms with van der Waals surface area (Å²) in [6.07, 6.45) is -10.1. The van der Waals surface area contributed by atoms with Crippen LogP contribution in [-0.2, 0) is 23.6 Å². The third-order valence-electron chi connectivity index (χ3n) is 5.49. The van der Waals surface area contributed by atoms with Crippen LogP contribution in [0.15, 0.2) is 48.5 Å². The monoisotopic (exact) mass is 512 g/mol. The molecule has 0 saturated heterocycles. The van der Waals surface area contributed by atoms with Gasteiger partial charge in [-0.3, -0.25) is 4.79 Å². The molecule has 1 aromatic heterocycles. The molecule has 0 bridgehead atoms. The van der Waals surface area contributed by atoms with Crippen LogP contribution < -0.4 is 5.32 Å². The van der Waals surface area contributed by atoms with Crippen molar-refractivity contribution in [1.82, 2.24) is 4.57 Å². The van der Waals surface area contributed by atoms with Crippen LogP contribution in [-0.4, -0.2) is 23.1 Å². The first kappa shape index (κ1) is 26.8. The van der Waals surface area contributed by atoms with Gasteiger partial charge >= 0.3 is 18.3 Å². The Balaban J connectivity index is 2.08. The Morgan fingerprint density at radius 2 is 1.47 bits per heavy atom. The van der Waals surface area contributed by atoms with Gasteiger partial charge in [0.2, 0.25) is 0 Å². The van der Waals surface area contributed by atoms with Crippen LogP contribution in [0.25, 0.3) is 0 Å². The summed E-state index contributed by atoms with van der Waals surface area (Å²) in [6, 6.07) is 9.77. The first-order valence-electron chi connectivity index (χ1n) is 10.8. The van der Waals surface area contributed by atoms with Gasteiger partial charge in [0, 0.05) is 17.9 Å². The topological polar surface area (TPSA) is 60.3 Å². The van der Waals surface area contributed by atoms with E-state index < -0.39 is 41.0 Å². The number of nitrogens with zero attached hydrogens (tertiary/aromatic N) is 1. The van der Waals surface area contributed by atoms with Crippen molar-refractivity contribution in [2.75, 3.05) is 11.9 Å². The summed E-state index contributed by atoms with van der Waals surface area (Å²) in [5.74, 6) is -1.68. The highest BCUT2D eigenvalue weighted by atomic mass is 19.4. The molecule has 0 aliphatic rings. The van der Waals surface area contributed by atoms with Crippen molar-refractivity contribution in [2.24, 2.45) is 0 Å². The van der Waals surface area contributed by atoms with E-state index in [0.29, 0.717) is 17.8 Å². The number of hydrogen-bond acceptors (Lipinski definition) is 3. The predicted molar refractivity (Wildman–Crippen MR) is 120 cm³/mol. The number of carbonyl (C=O) groups excluding carboxylic acids is 2. The van der Waals surface area contributed by atoms with Crippen LogP contribution in [0, 0.1) is 13.8 Å². The molecule has 3 rings (SSSR count). The molecule has 1 N–H and O–H groups in total. The summed E-state index contributed by atoms with van der Waals surface area (Å²) in [6.45, 7) is 4.82. The minimum atomic E-state index is -5.07. The smallest absolute Gasteiger partial charge is 0.416 e. The van der Waals surface area contributed by atoms with E-state index in [2.05, 4.69) is 5.32 Å². The van der Waals surface area contributed by atoms with Crippen molar-refractivity contribution in [3.63, 3.8) is 0 Å². The number of benzene rings is 2. The number of amides is 1. The summed E-state index contributed by atoms with van der Waals surface area (Å²) in [5.41, 5.74) is -2.54. The molecule has 1 heterocycles. The first-order valence-corrected chi connectivity index (χ1v) is 10.8. The molecule has 11 heteroatoms. The summed E-state index contributed by atoms with van der Waals surface area (Å²) >= 11 is 0. The number of carbonyl (C=O) groups is 2. The van der Waals surface area contributed by atoms with E-state index in [0.717, 1.165) is 5.56 Å². The first-order chi connectivity index (χ1) is 16.7. The lowest BCUT2D eigenvalue weighted by Crippen LogP contribution is -2.17. The molecule has 0 aliphatic heterocycles. The fourth-order valence-electron chi connectivity index (χ4n) is 3.88. The van der Waals surface area contributed by atoms with Gasteiger partial charge in [-0.25, -0.2) is 4.79 Å². The number of anilines is 1. The number of alkyl halides is 6. The molecule has 0 atom stereocenters. The quantitative estimate of drug-likeness (QED) is 0.298. The average Bonchev–Trinajstić information content (AvgIpc) is 3.02. The zero-order chi connectivity index (χ0) is 26.8. The standard InChI is InChI=1S/C25H22F6N2O3/c1-4-36-23(35)21-14(2)20(15(3)33(21)13-16-8-6-5-7-9-16)22(34)32-19-11-17(24(26,27)28)10-18(12-19)25(29,30)31/h5-12H,4,13H2,1-3H3,(H,32,34). The molecule has 2 aromatic carbocycles. The second-order valence-corrected chi connectivity index (χ2v) is 7.97. The Morgan fingerprint density at radius 1 is 0.917 bits per heavy atom. The van der Waals surface area contributed by atoms with Gasteiger partial charge in [0.1, 0.15) is 5.69 Å². The number of hydrogen-bond donors (Lipinski definition) is 1. The van der Waals surface area contributed by atoms with Crippen molar-refractivity contribution in [1.29, 1.82) is 0 Å². The molecule has 0 aliphatic carbocycles. The minimum Gasteiger partial charge on any atom is -0.461 e. The van der Waals surface area contributed by atoms with Crippen molar-refractivity contribution in [3.05, 3.63) is 87.7 Å². The minimum absolute atomic E-state index is 0.0264. The zero-order valence-electron chi connectivity index (χ0n) is 19.5. The number of esters is 1. The van der Waals surface area contributed by atoms with Gasteiger partial charge in [-0.1, -0.05) is 30.3 Å². The molecule has 1 amide bonds. The van der Waals surface area contributed by atoms with Crippen LogP contribution in [0.2, 0.25) is 0 Å². The van der Waals surface area contributed by atoms with Crippen LogP contribution in [0.4, 0.5) is 32.0 Å². The van der Waals surface area contributed by atoms with Crippen LogP contribution in [0.3, 0.4) is 0 Å². The maximum atomic E-state index is 13.2. The molecule has 0 saturated carbocycles. The summed E-state index contributed by atoms with van der Waals surface area (Å²) in [4.78, 5) is 25.8. The lowest BCUT2D eigenvalue weighted by molar-refractivity contribution is -0.143. The Bertz CT molecular complexity index is 1250. The van der Waals surface area contributed by atoms with Crippen molar-refractivity contribution in [3.8, 4) is 0 Å². The predicted octanol–water partition coefficient (Wildman–Crippen LogP) is 6.62. The number of ether oxygens (including phenoxy) is 1. The van der Waals surface area contributed by atoms with Gasteiger partial charge in [0.25, 0.3) is 5.91 Å². The second-order valence-electron chi connectivity index (χ2n) is 7.97. The highest BCUT2D eigenvalue weighted by Crippen LogP contribution is 2.38. The largest absolute Gasteiger partial charge is 0.461 e. The molecular formula is C25H22F6N2O3. The summed E-state index contributed by atoms with van der Waals surface area (Å²) < 4.78 is 85.9. The van der Waals surface area contributed by atoms with Gasteiger partial charge in [-0.2, -0.15) is 26.3 Å². The molecule has 0 radical (unpaired) electrons. The number of rotatable bonds is 6. The van der Waals surface area contributed by atoms with Crippen molar-refractivity contribution >= 4 is 17.6 Å². The average molecular weight is 512 g/mol. The highest BCUT2D eigenvalue weighted by Gasteiger charge is 2.37. The van der Waals surface area contributed by atoms with Crippen LogP contribution in [0.5, 0.6) is 0 Å². The normalized spacial score (nSPS) is 11.9. The van der Waals surface area contributed by atoms with E-state index in [9.17, 15) is 35.9 Å². The number of nitrogens with one attached hydrogen (secondary N) is 1. The van der Waals surface area contributed by atoms with Crippen molar-refractivity contribution < 1.29 is 40.7 Å². The molecule has 36 heavy (non-hydrogen) atoms. The fourth-order valence-corrected chi connectivity index (χ4v) is 3.88. The SMILES string of the molecule is CCOC(=O)c1c(C)c(C(=O)Nc2cc(C(F)(F)F)cc(C(F)(F)F)c2)c(C)n1Cc1ccccc1. The third kappa shape index (κ3) is 5.72. The fraction of sp³-hybridized carbons (Fsp3) is 0.280. The Kier molecular flexibility index (Phi) is 7.51. The van der Waals surface area contributed by atoms with E-state index in [1.807, 2.05) is 0 Å². The highest BCUT2D eigenvalue weighted by molar-refractivity contribution is 6.08. The second kappa shape index (κ2) is 10.1. The van der Waals surface area contributed by atoms with Gasteiger partial charge in [-0.15, -0.1) is 0 Å². The Labute approximate surface area is 202 Å². The molecule has 0 fully saturated rings. The lowest BCUT2D eigenvalue weighted by Gasteiger charge is -2.15. The number of halogens is 6. The maximum absolute atomic E-state index is 13.2. The zero-order valence-corrected chi connectivity index (χ0v) is 19.5. The van der Waals surface area contributed by atoms with E-state index in [4.69, 9.17) is 4.74 Å². The molecule has 0 spiro atoms. The third-order valence-corrected chi connectivity index (χ3v) is 5.49. The van der Waals surface area contributed by atoms with Crippen molar-refractivity contribution in [2.45, 2.75) is 39.7 Å². The van der Waals surface area contributed by atoms with E-state index in [1.54, 1.807) is 37.3 Å². The number of aromatic nitrogens is 1. The van der Waals surface area contributed by atoms with Gasteiger partial charge < -0.3 is 14.6 Å². The Morgan fingerprint density at radius 3 is 1.97 bits per heavy atom. The molecule has 0 unspecified atom stereocenters. The Hall–Kier alpha value is -3.76. The van der Waals surface area contributed by atoms with E-state index in [-0.39, 0.29) is 36.0 Å². The van der Waals surface area contributed by atoms with E-state index >= 15 is 0 Å². The maximum Gasteiger partial charge on any atom is 0.416 e. The van der Waals surface area contributed by atoms with Crippen LogP contribution in [0.1, 0.15) is 55.7 Å². The molecule has 192 valence electrons. The molecule has 5 nitrogen and oxygen atoms in total.